The van der Waals surface area contributed by atoms with Gasteiger partial charge in [0, 0.05) is 6.04 Å². The van der Waals surface area contributed by atoms with E-state index in [-0.39, 0.29) is 12.4 Å². The third kappa shape index (κ3) is 5.28. The van der Waals surface area contributed by atoms with E-state index in [1.165, 1.54) is 0 Å². The van der Waals surface area contributed by atoms with E-state index in [0.717, 1.165) is 19.5 Å². The maximum atomic E-state index is 3.72. The molecule has 0 saturated carbocycles. The van der Waals surface area contributed by atoms with Gasteiger partial charge in [-0.3, -0.25) is 0 Å². The zero-order valence-corrected chi connectivity index (χ0v) is 8.66. The summed E-state index contributed by atoms with van der Waals surface area (Å²) >= 11 is 0. The summed E-state index contributed by atoms with van der Waals surface area (Å²) in [6.07, 6.45) is 3.09. The molecule has 0 spiro atoms. The van der Waals surface area contributed by atoms with E-state index in [4.69, 9.17) is 0 Å². The average Bonchev–Trinajstić information content (AvgIpc) is 1.91. The van der Waals surface area contributed by atoms with Gasteiger partial charge in [-0.25, -0.2) is 0 Å². The number of rotatable bonds is 5. The Kier molecular flexibility index (Phi) is 9.98. The Morgan fingerprint density at radius 1 is 1.36 bits per heavy atom. The third-order valence-electron chi connectivity index (χ3n) is 1.94. The van der Waals surface area contributed by atoms with E-state index < -0.39 is 0 Å². The third-order valence-corrected chi connectivity index (χ3v) is 1.94. The van der Waals surface area contributed by atoms with Gasteiger partial charge in [-0.05, 0) is 26.4 Å². The summed E-state index contributed by atoms with van der Waals surface area (Å²) in [5.74, 6) is 0. The molecule has 0 aliphatic heterocycles. The molecule has 0 rings (SSSR count). The van der Waals surface area contributed by atoms with Crippen LogP contribution in [-0.4, -0.2) is 24.0 Å². The van der Waals surface area contributed by atoms with Crippen LogP contribution in [0, 0.1) is 0 Å². The van der Waals surface area contributed by atoms with Crippen molar-refractivity contribution in [3.05, 3.63) is 12.7 Å². The molecule has 0 aromatic carbocycles. The lowest BCUT2D eigenvalue weighted by molar-refractivity contribution is 0.233. The lowest BCUT2D eigenvalue weighted by Gasteiger charge is -2.24. The predicted molar refractivity (Wildman–Crippen MR) is 54.4 cm³/mol. The van der Waals surface area contributed by atoms with Gasteiger partial charge >= 0.3 is 0 Å². The van der Waals surface area contributed by atoms with E-state index >= 15 is 0 Å². The van der Waals surface area contributed by atoms with E-state index in [9.17, 15) is 0 Å². The lowest BCUT2D eigenvalue weighted by atomic mass is 10.2. The van der Waals surface area contributed by atoms with Crippen molar-refractivity contribution in [2.75, 3.05) is 13.1 Å². The van der Waals surface area contributed by atoms with Crippen LogP contribution in [0.4, 0.5) is 0 Å². The van der Waals surface area contributed by atoms with Crippen LogP contribution < -0.4 is 0 Å². The maximum absolute atomic E-state index is 3.72. The van der Waals surface area contributed by atoms with Crippen molar-refractivity contribution in [2.24, 2.45) is 0 Å². The highest BCUT2D eigenvalue weighted by atomic mass is 35.5. The summed E-state index contributed by atoms with van der Waals surface area (Å²) in [4.78, 5) is 2.43. The van der Waals surface area contributed by atoms with Crippen LogP contribution in [0.1, 0.15) is 27.2 Å². The van der Waals surface area contributed by atoms with Gasteiger partial charge in [-0.2, -0.15) is 0 Å². The first kappa shape index (κ1) is 13.6. The number of hydrogen-bond donors (Lipinski definition) is 0. The van der Waals surface area contributed by atoms with Crippen LogP contribution in [0.5, 0.6) is 0 Å². The Bertz CT molecular complexity index is 89.6. The van der Waals surface area contributed by atoms with Gasteiger partial charge in [0.2, 0.25) is 0 Å². The molecule has 1 unspecified atom stereocenters. The fourth-order valence-electron chi connectivity index (χ4n) is 1.24. The van der Waals surface area contributed by atoms with Crippen molar-refractivity contribution in [1.29, 1.82) is 0 Å². The molecule has 1 atom stereocenters. The Labute approximate surface area is 76.9 Å². The van der Waals surface area contributed by atoms with Gasteiger partial charge in [-0.15, -0.1) is 19.0 Å². The van der Waals surface area contributed by atoms with Gasteiger partial charge in [0.25, 0.3) is 0 Å². The molecule has 11 heavy (non-hydrogen) atoms. The van der Waals surface area contributed by atoms with Crippen LogP contribution in [0.3, 0.4) is 0 Å². The van der Waals surface area contributed by atoms with E-state index in [0.29, 0.717) is 6.04 Å². The molecule has 0 aromatic rings. The zero-order chi connectivity index (χ0) is 7.98. The molecule has 0 saturated heterocycles. The molecule has 0 fully saturated rings. The first-order chi connectivity index (χ1) is 4.76. The predicted octanol–water partition coefficient (Wildman–Crippen LogP) is 2.71. The minimum absolute atomic E-state index is 0. The summed E-state index contributed by atoms with van der Waals surface area (Å²) in [7, 11) is 0. The van der Waals surface area contributed by atoms with Crippen molar-refractivity contribution < 1.29 is 0 Å². The van der Waals surface area contributed by atoms with Gasteiger partial charge in [0.1, 0.15) is 0 Å². The molecule has 0 radical (unpaired) electrons. The van der Waals surface area contributed by atoms with Crippen LogP contribution >= 0.6 is 12.4 Å². The van der Waals surface area contributed by atoms with Crippen molar-refractivity contribution >= 4 is 12.4 Å². The van der Waals surface area contributed by atoms with Crippen LogP contribution in [0.15, 0.2) is 12.7 Å². The first-order valence-corrected chi connectivity index (χ1v) is 4.11. The van der Waals surface area contributed by atoms with Crippen molar-refractivity contribution in [3.63, 3.8) is 0 Å². The van der Waals surface area contributed by atoms with Gasteiger partial charge < -0.3 is 4.90 Å². The molecule has 0 N–H and O–H groups in total. The molecule has 0 heterocycles. The molecular weight excluding hydrogens is 158 g/mol. The van der Waals surface area contributed by atoms with Gasteiger partial charge in [-0.1, -0.05) is 19.9 Å². The standard InChI is InChI=1S/C9H19N.ClH/c1-5-8-9(4)10(6-2)7-3;/h5,9H,1,6-8H2,2-4H3;1H. The highest BCUT2D eigenvalue weighted by Crippen LogP contribution is 2.02. The molecule has 0 bridgehead atoms. The highest BCUT2D eigenvalue weighted by Gasteiger charge is 2.06. The van der Waals surface area contributed by atoms with Gasteiger partial charge in [0.05, 0.1) is 0 Å². The normalized spacial score (nSPS) is 12.4. The Morgan fingerprint density at radius 2 is 1.82 bits per heavy atom. The van der Waals surface area contributed by atoms with Crippen LogP contribution in [0.25, 0.3) is 0 Å². The maximum Gasteiger partial charge on any atom is 0.0101 e. The number of nitrogens with zero attached hydrogens (tertiary/aromatic N) is 1. The summed E-state index contributed by atoms with van der Waals surface area (Å²) in [6, 6.07) is 0.660. The Morgan fingerprint density at radius 3 is 2.09 bits per heavy atom. The van der Waals surface area contributed by atoms with Crippen molar-refractivity contribution in [2.45, 2.75) is 33.2 Å². The summed E-state index contributed by atoms with van der Waals surface area (Å²) < 4.78 is 0. The molecular formula is C9H20ClN. The Balaban J connectivity index is 0. The first-order valence-electron chi connectivity index (χ1n) is 4.11. The second-order valence-corrected chi connectivity index (χ2v) is 2.59. The minimum atomic E-state index is 0. The van der Waals surface area contributed by atoms with Crippen LogP contribution in [-0.2, 0) is 0 Å². The molecule has 68 valence electrons. The largest absolute Gasteiger partial charge is 0.301 e. The highest BCUT2D eigenvalue weighted by molar-refractivity contribution is 5.85. The monoisotopic (exact) mass is 177 g/mol. The molecule has 0 aliphatic carbocycles. The quantitative estimate of drug-likeness (QED) is 0.584. The fourth-order valence-corrected chi connectivity index (χ4v) is 1.24. The van der Waals surface area contributed by atoms with Gasteiger partial charge in [0.15, 0.2) is 0 Å². The van der Waals surface area contributed by atoms with E-state index in [2.05, 4.69) is 32.3 Å². The smallest absolute Gasteiger partial charge is 0.0101 e. The number of hydrogen-bond acceptors (Lipinski definition) is 1. The van der Waals surface area contributed by atoms with Crippen LogP contribution in [0.2, 0.25) is 0 Å². The van der Waals surface area contributed by atoms with Crippen molar-refractivity contribution in [3.8, 4) is 0 Å². The zero-order valence-electron chi connectivity index (χ0n) is 7.84. The fraction of sp³-hybridized carbons (Fsp3) is 0.778. The average molecular weight is 178 g/mol. The second-order valence-electron chi connectivity index (χ2n) is 2.59. The Hall–Kier alpha value is -0.0100. The molecule has 0 amide bonds. The van der Waals surface area contributed by atoms with E-state index in [1.807, 2.05) is 6.08 Å². The lowest BCUT2D eigenvalue weighted by Crippen LogP contribution is -2.32. The second kappa shape index (κ2) is 8.09. The molecule has 0 aromatic heterocycles. The van der Waals surface area contributed by atoms with Crippen molar-refractivity contribution in [1.82, 2.24) is 4.90 Å². The SMILES string of the molecule is C=CCC(C)N(CC)CC.Cl. The summed E-state index contributed by atoms with van der Waals surface area (Å²) in [5, 5.41) is 0. The molecule has 2 heteroatoms. The molecule has 0 aliphatic rings. The minimum Gasteiger partial charge on any atom is -0.301 e. The summed E-state index contributed by atoms with van der Waals surface area (Å²) in [5.41, 5.74) is 0. The topological polar surface area (TPSA) is 3.24 Å². The van der Waals surface area contributed by atoms with E-state index in [1.54, 1.807) is 0 Å². The number of halogens is 1. The molecule has 1 nitrogen and oxygen atoms in total. The summed E-state index contributed by atoms with van der Waals surface area (Å²) in [6.45, 7) is 12.7.